The molecule has 1 aliphatic rings. The molecule has 1 saturated heterocycles. The van der Waals surface area contributed by atoms with Gasteiger partial charge in [0.25, 0.3) is 6.01 Å². The number of carbonyl (C=O) groups is 1. The Morgan fingerprint density at radius 3 is 3.11 bits per heavy atom. The largest absolute Gasteiger partial charge is 0.461 e. The summed E-state index contributed by atoms with van der Waals surface area (Å²) in [5.41, 5.74) is 0.207. The molecule has 0 atom stereocenters. The zero-order chi connectivity index (χ0) is 13.5. The summed E-state index contributed by atoms with van der Waals surface area (Å²) >= 11 is 2.00. The summed E-state index contributed by atoms with van der Waals surface area (Å²) in [7, 11) is 0. The van der Waals surface area contributed by atoms with Gasteiger partial charge in [-0.2, -0.15) is 16.7 Å². The van der Waals surface area contributed by atoms with Gasteiger partial charge in [0.2, 0.25) is 0 Å². The second-order valence-corrected chi connectivity index (χ2v) is 5.36. The van der Waals surface area contributed by atoms with Crippen LogP contribution in [0.1, 0.15) is 17.4 Å². The van der Waals surface area contributed by atoms with Crippen LogP contribution in [0.3, 0.4) is 0 Å². The van der Waals surface area contributed by atoms with Crippen LogP contribution in [-0.4, -0.2) is 60.1 Å². The van der Waals surface area contributed by atoms with Crippen LogP contribution >= 0.6 is 11.8 Å². The first-order valence-electron chi connectivity index (χ1n) is 6.46. The smallest absolute Gasteiger partial charge is 0.360 e. The molecule has 2 rings (SSSR count). The molecule has 19 heavy (non-hydrogen) atoms. The van der Waals surface area contributed by atoms with E-state index in [0.717, 1.165) is 26.2 Å². The maximum atomic E-state index is 11.4. The number of hydrogen-bond donors (Lipinski definition) is 1. The topological polar surface area (TPSA) is 67.6 Å². The van der Waals surface area contributed by atoms with Crippen LogP contribution in [0.15, 0.2) is 10.7 Å². The fraction of sp³-hybridized carbons (Fsp3) is 0.667. The van der Waals surface area contributed by atoms with E-state index in [4.69, 9.17) is 9.15 Å². The Morgan fingerprint density at radius 2 is 2.37 bits per heavy atom. The van der Waals surface area contributed by atoms with Gasteiger partial charge in [-0.15, -0.1) is 0 Å². The Balaban J connectivity index is 1.72. The molecule has 0 spiro atoms. The van der Waals surface area contributed by atoms with Crippen molar-refractivity contribution in [3.63, 3.8) is 0 Å². The van der Waals surface area contributed by atoms with E-state index in [0.29, 0.717) is 12.6 Å². The van der Waals surface area contributed by atoms with Gasteiger partial charge in [-0.05, 0) is 6.92 Å². The predicted octanol–water partition coefficient (Wildman–Crippen LogP) is 1.31. The Morgan fingerprint density at radius 1 is 1.58 bits per heavy atom. The van der Waals surface area contributed by atoms with Gasteiger partial charge < -0.3 is 14.5 Å². The highest BCUT2D eigenvalue weighted by Crippen LogP contribution is 2.10. The Bertz CT molecular complexity index is 405. The molecule has 0 amide bonds. The first kappa shape index (κ1) is 14.2. The summed E-state index contributed by atoms with van der Waals surface area (Å²) in [6.45, 7) is 6.07. The van der Waals surface area contributed by atoms with E-state index in [2.05, 4.69) is 15.2 Å². The van der Waals surface area contributed by atoms with Crippen molar-refractivity contribution in [2.75, 3.05) is 49.6 Å². The fourth-order valence-electron chi connectivity index (χ4n) is 1.80. The third-order valence-electron chi connectivity index (χ3n) is 2.80. The summed E-state index contributed by atoms with van der Waals surface area (Å²) in [6.07, 6.45) is 1.32. The minimum Gasteiger partial charge on any atom is -0.461 e. The third-order valence-corrected chi connectivity index (χ3v) is 3.74. The van der Waals surface area contributed by atoms with Gasteiger partial charge >= 0.3 is 5.97 Å². The minimum absolute atomic E-state index is 0.207. The van der Waals surface area contributed by atoms with E-state index in [9.17, 15) is 4.79 Å². The molecule has 0 aromatic carbocycles. The van der Waals surface area contributed by atoms with Gasteiger partial charge in [0.05, 0.1) is 6.61 Å². The number of ether oxygens (including phenoxy) is 1. The standard InChI is InChI=1S/C12H19N3O3S/c1-2-17-11(16)10-9-18-12(14-10)13-3-4-15-5-7-19-8-6-15/h9H,2-8H2,1H3,(H,13,14). The molecular formula is C12H19N3O3S. The lowest BCUT2D eigenvalue weighted by molar-refractivity contribution is 0.0519. The number of oxazole rings is 1. The highest BCUT2D eigenvalue weighted by molar-refractivity contribution is 7.99. The number of nitrogens with one attached hydrogen (secondary N) is 1. The van der Waals surface area contributed by atoms with E-state index in [-0.39, 0.29) is 5.69 Å². The first-order valence-corrected chi connectivity index (χ1v) is 7.61. The molecule has 0 saturated carbocycles. The summed E-state index contributed by atoms with van der Waals surface area (Å²) in [4.78, 5) is 17.8. The number of thioether (sulfide) groups is 1. The molecule has 0 aliphatic carbocycles. The average Bonchev–Trinajstić information content (AvgIpc) is 2.89. The van der Waals surface area contributed by atoms with Crippen molar-refractivity contribution in [1.29, 1.82) is 0 Å². The van der Waals surface area contributed by atoms with Crippen molar-refractivity contribution in [3.8, 4) is 0 Å². The maximum absolute atomic E-state index is 11.4. The van der Waals surface area contributed by atoms with Crippen LogP contribution in [0, 0.1) is 0 Å². The van der Waals surface area contributed by atoms with Crippen molar-refractivity contribution < 1.29 is 13.9 Å². The molecule has 7 heteroatoms. The Labute approximate surface area is 116 Å². The summed E-state index contributed by atoms with van der Waals surface area (Å²) in [6, 6.07) is 0.370. The average molecular weight is 285 g/mol. The van der Waals surface area contributed by atoms with E-state index in [1.54, 1.807) is 6.92 Å². The lowest BCUT2D eigenvalue weighted by Gasteiger charge is -2.25. The molecule has 1 aromatic rings. The third kappa shape index (κ3) is 4.43. The monoisotopic (exact) mass is 285 g/mol. The summed E-state index contributed by atoms with van der Waals surface area (Å²) < 4.78 is 10.0. The van der Waals surface area contributed by atoms with E-state index in [1.807, 2.05) is 11.8 Å². The lowest BCUT2D eigenvalue weighted by atomic mass is 10.4. The summed E-state index contributed by atoms with van der Waals surface area (Å²) in [5.74, 6) is 1.95. The molecule has 1 fully saturated rings. The van der Waals surface area contributed by atoms with Gasteiger partial charge in [-0.3, -0.25) is 4.90 Å². The van der Waals surface area contributed by atoms with Crippen LogP contribution < -0.4 is 5.32 Å². The summed E-state index contributed by atoms with van der Waals surface area (Å²) in [5, 5.41) is 3.08. The van der Waals surface area contributed by atoms with Crippen LogP contribution in [0.2, 0.25) is 0 Å². The Kier molecular flexibility index (Phi) is 5.53. The predicted molar refractivity (Wildman–Crippen MR) is 74.7 cm³/mol. The molecular weight excluding hydrogens is 266 g/mol. The number of aromatic nitrogens is 1. The quantitative estimate of drug-likeness (QED) is 0.790. The molecule has 1 aliphatic heterocycles. The molecule has 6 nitrogen and oxygen atoms in total. The first-order chi connectivity index (χ1) is 9.29. The number of rotatable bonds is 6. The van der Waals surface area contributed by atoms with E-state index < -0.39 is 5.97 Å². The number of nitrogens with zero attached hydrogens (tertiary/aromatic N) is 2. The number of esters is 1. The van der Waals surface area contributed by atoms with Gasteiger partial charge in [0.15, 0.2) is 5.69 Å². The molecule has 0 radical (unpaired) electrons. The minimum atomic E-state index is -0.452. The van der Waals surface area contributed by atoms with Crippen LogP contribution in [0.4, 0.5) is 6.01 Å². The normalized spacial score (nSPS) is 16.3. The molecule has 1 aromatic heterocycles. The number of anilines is 1. The van der Waals surface area contributed by atoms with Gasteiger partial charge in [-0.25, -0.2) is 4.79 Å². The second kappa shape index (κ2) is 7.40. The zero-order valence-corrected chi connectivity index (χ0v) is 11.9. The molecule has 1 N–H and O–H groups in total. The van der Waals surface area contributed by atoms with Gasteiger partial charge in [-0.1, -0.05) is 0 Å². The SMILES string of the molecule is CCOC(=O)c1coc(NCCN2CCSCC2)n1. The van der Waals surface area contributed by atoms with Crippen LogP contribution in [-0.2, 0) is 4.74 Å². The molecule has 0 bridgehead atoms. The highest BCUT2D eigenvalue weighted by Gasteiger charge is 2.13. The second-order valence-electron chi connectivity index (χ2n) is 4.14. The van der Waals surface area contributed by atoms with Crippen LogP contribution in [0.5, 0.6) is 0 Å². The van der Waals surface area contributed by atoms with Gasteiger partial charge in [0.1, 0.15) is 6.26 Å². The fourth-order valence-corrected chi connectivity index (χ4v) is 2.78. The van der Waals surface area contributed by atoms with Crippen molar-refractivity contribution in [1.82, 2.24) is 9.88 Å². The highest BCUT2D eigenvalue weighted by atomic mass is 32.2. The van der Waals surface area contributed by atoms with Crippen molar-refractivity contribution in [3.05, 3.63) is 12.0 Å². The number of carbonyl (C=O) groups excluding carboxylic acids is 1. The van der Waals surface area contributed by atoms with Crippen molar-refractivity contribution in [2.24, 2.45) is 0 Å². The molecule has 0 unspecified atom stereocenters. The maximum Gasteiger partial charge on any atom is 0.360 e. The molecule has 2 heterocycles. The van der Waals surface area contributed by atoms with E-state index >= 15 is 0 Å². The lowest BCUT2D eigenvalue weighted by Crippen LogP contribution is -2.36. The zero-order valence-electron chi connectivity index (χ0n) is 11.1. The van der Waals surface area contributed by atoms with E-state index in [1.165, 1.54) is 17.8 Å². The van der Waals surface area contributed by atoms with Crippen molar-refractivity contribution >= 4 is 23.7 Å². The van der Waals surface area contributed by atoms with Gasteiger partial charge in [0, 0.05) is 37.7 Å². The molecule has 106 valence electrons. The van der Waals surface area contributed by atoms with Crippen LogP contribution in [0.25, 0.3) is 0 Å². The van der Waals surface area contributed by atoms with Crippen molar-refractivity contribution in [2.45, 2.75) is 6.92 Å². The number of hydrogen-bond acceptors (Lipinski definition) is 7. The Hall–Kier alpha value is -1.21.